The first-order chi connectivity index (χ1) is 9.66. The van der Waals surface area contributed by atoms with Crippen LogP contribution < -0.4 is 10.9 Å². The molecule has 0 fully saturated rings. The van der Waals surface area contributed by atoms with Crippen LogP contribution >= 0.6 is 27.5 Å². The summed E-state index contributed by atoms with van der Waals surface area (Å²) in [5, 5.41) is 4.54. The lowest BCUT2D eigenvalue weighted by Crippen LogP contribution is -2.10. The van der Waals surface area contributed by atoms with Gasteiger partial charge in [0.2, 0.25) is 0 Å². The minimum absolute atomic E-state index is 0.256. The average molecular weight is 352 g/mol. The molecule has 0 spiro atoms. The zero-order valence-corrected chi connectivity index (χ0v) is 12.4. The van der Waals surface area contributed by atoms with Crippen LogP contribution in [-0.2, 0) is 0 Å². The van der Waals surface area contributed by atoms with Gasteiger partial charge in [0.15, 0.2) is 5.82 Å². The molecular weight excluding hydrogens is 344 g/mol. The van der Waals surface area contributed by atoms with Gasteiger partial charge in [-0.15, -0.1) is 0 Å². The fourth-order valence-electron chi connectivity index (χ4n) is 1.84. The molecule has 3 aromatic rings. The second-order valence-corrected chi connectivity index (χ2v) is 5.21. The largest absolute Gasteiger partial charge is 0.337 e. The topological polar surface area (TPSA) is 70.7 Å². The van der Waals surface area contributed by atoms with Gasteiger partial charge in [-0.2, -0.15) is 0 Å². The minimum atomic E-state index is -0.256. The van der Waals surface area contributed by atoms with Crippen molar-refractivity contribution in [3.8, 4) is 0 Å². The highest BCUT2D eigenvalue weighted by Gasteiger charge is 2.09. The monoisotopic (exact) mass is 350 g/mol. The lowest BCUT2D eigenvalue weighted by Gasteiger charge is -2.10. The van der Waals surface area contributed by atoms with E-state index in [1.807, 2.05) is 12.1 Å². The molecule has 0 unspecified atom stereocenters. The number of H-pyrrole nitrogens is 1. The third-order valence-electron chi connectivity index (χ3n) is 2.77. The molecule has 2 aromatic heterocycles. The van der Waals surface area contributed by atoms with Crippen LogP contribution in [0.25, 0.3) is 10.9 Å². The first kappa shape index (κ1) is 13.1. The summed E-state index contributed by atoms with van der Waals surface area (Å²) >= 11 is 9.34. The molecule has 0 saturated heterocycles. The van der Waals surface area contributed by atoms with E-state index in [1.165, 1.54) is 6.33 Å². The predicted molar refractivity (Wildman–Crippen MR) is 82.6 cm³/mol. The first-order valence-electron chi connectivity index (χ1n) is 5.70. The van der Waals surface area contributed by atoms with E-state index >= 15 is 0 Å². The van der Waals surface area contributed by atoms with Crippen molar-refractivity contribution in [1.29, 1.82) is 0 Å². The number of benzene rings is 1. The van der Waals surface area contributed by atoms with Gasteiger partial charge >= 0.3 is 0 Å². The van der Waals surface area contributed by atoms with E-state index in [9.17, 15) is 4.79 Å². The molecule has 1 aromatic carbocycles. The number of nitrogens with zero attached hydrogens (tertiary/aromatic N) is 2. The van der Waals surface area contributed by atoms with Crippen LogP contribution in [0.2, 0.25) is 5.02 Å². The zero-order valence-electron chi connectivity index (χ0n) is 10.0. The van der Waals surface area contributed by atoms with Crippen molar-refractivity contribution in [2.75, 3.05) is 5.32 Å². The fourth-order valence-corrected chi connectivity index (χ4v) is 2.37. The second kappa shape index (κ2) is 5.22. The molecular formula is C13H8BrClN4O. The van der Waals surface area contributed by atoms with Crippen molar-refractivity contribution in [3.63, 3.8) is 0 Å². The maximum absolute atomic E-state index is 11.5. The number of rotatable bonds is 2. The Morgan fingerprint density at radius 2 is 2.10 bits per heavy atom. The molecule has 100 valence electrons. The van der Waals surface area contributed by atoms with Gasteiger partial charge in [0.05, 0.1) is 22.6 Å². The molecule has 0 aliphatic rings. The predicted octanol–water partition coefficient (Wildman–Crippen LogP) is 3.48. The number of aromatic amines is 1. The van der Waals surface area contributed by atoms with Crippen LogP contribution in [0.4, 0.5) is 11.5 Å². The minimum Gasteiger partial charge on any atom is -0.337 e. The van der Waals surface area contributed by atoms with Crippen molar-refractivity contribution in [2.24, 2.45) is 0 Å². The maximum Gasteiger partial charge on any atom is 0.267 e. The zero-order chi connectivity index (χ0) is 14.1. The molecule has 5 nitrogen and oxygen atoms in total. The van der Waals surface area contributed by atoms with Crippen molar-refractivity contribution in [3.05, 3.63) is 56.6 Å². The summed E-state index contributed by atoms with van der Waals surface area (Å²) in [7, 11) is 0. The van der Waals surface area contributed by atoms with Crippen LogP contribution in [0.1, 0.15) is 0 Å². The van der Waals surface area contributed by atoms with Gasteiger partial charge in [0.25, 0.3) is 5.56 Å². The number of aromatic nitrogens is 3. The number of pyridine rings is 1. The highest BCUT2D eigenvalue weighted by Crippen LogP contribution is 2.30. The SMILES string of the molecule is O=c1[nH]cnc(Nc2ccc(Cl)c3cccnc23)c1Br. The van der Waals surface area contributed by atoms with Gasteiger partial charge in [-0.25, -0.2) is 4.98 Å². The van der Waals surface area contributed by atoms with E-state index in [1.54, 1.807) is 18.3 Å². The van der Waals surface area contributed by atoms with Crippen molar-refractivity contribution in [2.45, 2.75) is 0 Å². The summed E-state index contributed by atoms with van der Waals surface area (Å²) in [6, 6.07) is 7.28. The Balaban J connectivity index is 2.14. The molecule has 0 bridgehead atoms. The number of hydrogen-bond acceptors (Lipinski definition) is 4. The average Bonchev–Trinajstić information content (AvgIpc) is 2.47. The third kappa shape index (κ3) is 2.28. The highest BCUT2D eigenvalue weighted by molar-refractivity contribution is 9.10. The van der Waals surface area contributed by atoms with E-state index < -0.39 is 0 Å². The van der Waals surface area contributed by atoms with Crippen LogP contribution in [0, 0.1) is 0 Å². The van der Waals surface area contributed by atoms with Gasteiger partial charge in [-0.1, -0.05) is 11.6 Å². The first-order valence-corrected chi connectivity index (χ1v) is 6.87. The summed E-state index contributed by atoms with van der Waals surface area (Å²) in [6.45, 7) is 0. The van der Waals surface area contributed by atoms with Crippen LogP contribution in [0.15, 0.2) is 46.1 Å². The quantitative estimate of drug-likeness (QED) is 0.741. The van der Waals surface area contributed by atoms with Gasteiger partial charge < -0.3 is 10.3 Å². The van der Waals surface area contributed by atoms with E-state index in [4.69, 9.17) is 11.6 Å². The lowest BCUT2D eigenvalue weighted by molar-refractivity contribution is 1.10. The van der Waals surface area contributed by atoms with Crippen molar-refractivity contribution in [1.82, 2.24) is 15.0 Å². The van der Waals surface area contributed by atoms with Gasteiger partial charge in [-0.3, -0.25) is 9.78 Å². The van der Waals surface area contributed by atoms with E-state index in [0.717, 1.165) is 11.1 Å². The molecule has 20 heavy (non-hydrogen) atoms. The van der Waals surface area contributed by atoms with Gasteiger partial charge in [-0.05, 0) is 40.2 Å². The Kier molecular flexibility index (Phi) is 3.42. The fraction of sp³-hybridized carbons (Fsp3) is 0. The number of halogens is 2. The molecule has 0 amide bonds. The summed E-state index contributed by atoms with van der Waals surface area (Å²) in [6.07, 6.45) is 3.02. The standard InChI is InChI=1S/C13H8BrClN4O/c14-10-12(17-6-18-13(10)20)19-9-4-3-8(15)7-2-1-5-16-11(7)9/h1-6H,(H2,17,18,19,20). The van der Waals surface area contributed by atoms with Crippen molar-refractivity contribution < 1.29 is 0 Å². The Hall–Kier alpha value is -1.92. The Morgan fingerprint density at radius 1 is 1.25 bits per heavy atom. The van der Waals surface area contributed by atoms with Gasteiger partial charge in [0.1, 0.15) is 4.47 Å². The number of hydrogen-bond donors (Lipinski definition) is 2. The smallest absolute Gasteiger partial charge is 0.267 e. The Bertz CT molecular complexity index is 849. The van der Waals surface area contributed by atoms with E-state index in [-0.39, 0.29) is 5.56 Å². The highest BCUT2D eigenvalue weighted by atomic mass is 79.9. The molecule has 0 atom stereocenters. The third-order valence-corrected chi connectivity index (χ3v) is 3.83. The van der Waals surface area contributed by atoms with Crippen molar-refractivity contribution >= 4 is 49.9 Å². The molecule has 0 aliphatic carbocycles. The molecule has 0 radical (unpaired) electrons. The molecule has 0 aliphatic heterocycles. The summed E-state index contributed by atoms with van der Waals surface area (Å²) in [5.74, 6) is 0.419. The summed E-state index contributed by atoms with van der Waals surface area (Å²) < 4.78 is 0.332. The molecule has 3 rings (SSSR count). The number of fused-ring (bicyclic) bond motifs is 1. The number of nitrogens with one attached hydrogen (secondary N) is 2. The van der Waals surface area contributed by atoms with Crippen LogP contribution in [0.5, 0.6) is 0 Å². The van der Waals surface area contributed by atoms with Crippen LogP contribution in [0.3, 0.4) is 0 Å². The normalized spacial score (nSPS) is 10.7. The molecule has 2 N–H and O–H groups in total. The lowest BCUT2D eigenvalue weighted by atomic mass is 10.2. The summed E-state index contributed by atoms with van der Waals surface area (Å²) in [5.41, 5.74) is 1.19. The Labute approximate surface area is 127 Å². The van der Waals surface area contributed by atoms with Gasteiger partial charge in [0, 0.05) is 11.6 Å². The maximum atomic E-state index is 11.5. The Morgan fingerprint density at radius 3 is 2.95 bits per heavy atom. The number of anilines is 2. The second-order valence-electron chi connectivity index (χ2n) is 4.01. The summed E-state index contributed by atoms with van der Waals surface area (Å²) in [4.78, 5) is 22.4. The molecule has 0 saturated carbocycles. The molecule has 2 heterocycles. The van der Waals surface area contributed by atoms with Crippen LogP contribution in [-0.4, -0.2) is 15.0 Å². The van der Waals surface area contributed by atoms with E-state index in [2.05, 4.69) is 36.2 Å². The molecule has 7 heteroatoms. The van der Waals surface area contributed by atoms with E-state index in [0.29, 0.717) is 20.8 Å².